The van der Waals surface area contributed by atoms with E-state index in [0.717, 1.165) is 0 Å². The number of nitrogens with one attached hydrogen (secondary N) is 1. The predicted molar refractivity (Wildman–Crippen MR) is 73.0 cm³/mol. The van der Waals surface area contributed by atoms with Crippen LogP contribution in [0.1, 0.15) is 10.4 Å². The molecule has 1 rings (SSSR count). The lowest BCUT2D eigenvalue weighted by Gasteiger charge is -2.21. The number of carboxylic acids is 1. The molecule has 7 heteroatoms. The summed E-state index contributed by atoms with van der Waals surface area (Å²) < 4.78 is 4.89. The molecule has 0 saturated heterocycles. The van der Waals surface area contributed by atoms with E-state index in [-0.39, 0.29) is 24.7 Å². The fourth-order valence-corrected chi connectivity index (χ4v) is 1.54. The van der Waals surface area contributed by atoms with Gasteiger partial charge in [0.25, 0.3) is 0 Å². The molecule has 0 unspecified atom stereocenters. The first-order valence-corrected chi connectivity index (χ1v) is 6.07. The molecule has 0 aliphatic heterocycles. The molecular formula is C13H18N2O5. The Hall–Kier alpha value is -2.12. The number of aromatic carboxylic acids is 1. The average Bonchev–Trinajstić information content (AvgIpc) is 2.43. The number of aliphatic hydroxyl groups excluding tert-OH is 1. The van der Waals surface area contributed by atoms with Gasteiger partial charge in [-0.1, -0.05) is 0 Å². The van der Waals surface area contributed by atoms with Crippen molar-refractivity contribution in [2.75, 3.05) is 38.7 Å². The van der Waals surface area contributed by atoms with Gasteiger partial charge in [0.15, 0.2) is 0 Å². The largest absolute Gasteiger partial charge is 0.478 e. The van der Waals surface area contributed by atoms with Gasteiger partial charge in [-0.15, -0.1) is 0 Å². The Bertz CT molecular complexity index is 447. The van der Waals surface area contributed by atoms with Crippen molar-refractivity contribution >= 4 is 17.7 Å². The second kappa shape index (κ2) is 8.13. The van der Waals surface area contributed by atoms with Crippen molar-refractivity contribution in [2.24, 2.45) is 0 Å². The van der Waals surface area contributed by atoms with Crippen molar-refractivity contribution in [3.8, 4) is 0 Å². The Kier molecular flexibility index (Phi) is 6.48. The van der Waals surface area contributed by atoms with Crippen molar-refractivity contribution in [3.63, 3.8) is 0 Å². The van der Waals surface area contributed by atoms with Crippen molar-refractivity contribution in [2.45, 2.75) is 0 Å². The van der Waals surface area contributed by atoms with Gasteiger partial charge in [0.2, 0.25) is 0 Å². The van der Waals surface area contributed by atoms with E-state index >= 15 is 0 Å². The van der Waals surface area contributed by atoms with E-state index in [1.807, 2.05) is 0 Å². The van der Waals surface area contributed by atoms with Crippen LogP contribution in [0.15, 0.2) is 24.3 Å². The maximum absolute atomic E-state index is 12.0. The number of nitrogens with zero attached hydrogens (tertiary/aromatic N) is 1. The van der Waals surface area contributed by atoms with Gasteiger partial charge in [-0.05, 0) is 24.3 Å². The molecule has 0 aliphatic rings. The maximum Gasteiger partial charge on any atom is 0.335 e. The lowest BCUT2D eigenvalue weighted by molar-refractivity contribution is 0.0697. The van der Waals surface area contributed by atoms with Crippen molar-refractivity contribution in [3.05, 3.63) is 29.8 Å². The van der Waals surface area contributed by atoms with Gasteiger partial charge in [0.1, 0.15) is 0 Å². The SMILES string of the molecule is COCCN(CCO)C(=O)Nc1ccc(C(=O)O)cc1. The van der Waals surface area contributed by atoms with E-state index in [4.69, 9.17) is 14.9 Å². The molecule has 0 saturated carbocycles. The molecule has 20 heavy (non-hydrogen) atoms. The monoisotopic (exact) mass is 282 g/mol. The number of carbonyl (C=O) groups is 2. The molecule has 7 nitrogen and oxygen atoms in total. The number of amides is 2. The first-order valence-electron chi connectivity index (χ1n) is 6.07. The van der Waals surface area contributed by atoms with Crippen LogP contribution < -0.4 is 5.32 Å². The highest BCUT2D eigenvalue weighted by Crippen LogP contribution is 2.10. The van der Waals surface area contributed by atoms with E-state index < -0.39 is 5.97 Å². The molecule has 1 aromatic rings. The average molecular weight is 282 g/mol. The van der Waals surface area contributed by atoms with Gasteiger partial charge in [-0.2, -0.15) is 0 Å². The third kappa shape index (κ3) is 4.87. The zero-order chi connectivity index (χ0) is 15.0. The molecule has 1 aromatic carbocycles. The second-order valence-corrected chi connectivity index (χ2v) is 4.02. The first-order chi connectivity index (χ1) is 9.58. The van der Waals surface area contributed by atoms with Crippen LogP contribution in [0.3, 0.4) is 0 Å². The Balaban J connectivity index is 2.64. The van der Waals surface area contributed by atoms with E-state index in [1.165, 1.54) is 36.3 Å². The van der Waals surface area contributed by atoms with Crippen LogP contribution in [0.4, 0.5) is 10.5 Å². The molecule has 0 fully saturated rings. The summed E-state index contributed by atoms with van der Waals surface area (Å²) in [5.74, 6) is -1.02. The Morgan fingerprint density at radius 2 is 1.90 bits per heavy atom. The van der Waals surface area contributed by atoms with Gasteiger partial charge in [0.05, 0.1) is 18.8 Å². The highest BCUT2D eigenvalue weighted by Gasteiger charge is 2.13. The number of carboxylic acid groups (broad SMARTS) is 1. The summed E-state index contributed by atoms with van der Waals surface area (Å²) in [6.07, 6.45) is 0. The van der Waals surface area contributed by atoms with E-state index in [0.29, 0.717) is 18.8 Å². The van der Waals surface area contributed by atoms with Crippen LogP contribution in [0.5, 0.6) is 0 Å². The second-order valence-electron chi connectivity index (χ2n) is 4.02. The minimum Gasteiger partial charge on any atom is -0.478 e. The van der Waals surface area contributed by atoms with Crippen LogP contribution in [0.25, 0.3) is 0 Å². The first kappa shape index (κ1) is 15.9. The number of benzene rings is 1. The fraction of sp³-hybridized carbons (Fsp3) is 0.385. The molecule has 0 atom stereocenters. The molecule has 0 aliphatic carbocycles. The number of rotatable bonds is 7. The van der Waals surface area contributed by atoms with E-state index in [1.54, 1.807) is 0 Å². The molecule has 110 valence electrons. The Labute approximate surface area is 116 Å². The summed E-state index contributed by atoms with van der Waals surface area (Å²) in [6, 6.07) is 5.45. The normalized spacial score (nSPS) is 10.1. The summed E-state index contributed by atoms with van der Waals surface area (Å²) in [7, 11) is 1.53. The maximum atomic E-state index is 12.0. The van der Waals surface area contributed by atoms with Gasteiger partial charge < -0.3 is 25.2 Å². The number of urea groups is 1. The van der Waals surface area contributed by atoms with E-state index in [2.05, 4.69) is 5.32 Å². The molecular weight excluding hydrogens is 264 g/mol. The molecule has 0 spiro atoms. The number of methoxy groups -OCH3 is 1. The Morgan fingerprint density at radius 3 is 2.40 bits per heavy atom. The zero-order valence-electron chi connectivity index (χ0n) is 11.2. The lowest BCUT2D eigenvalue weighted by Crippen LogP contribution is -2.39. The van der Waals surface area contributed by atoms with Gasteiger partial charge >= 0.3 is 12.0 Å². The van der Waals surface area contributed by atoms with Gasteiger partial charge in [-0.25, -0.2) is 9.59 Å². The quantitative estimate of drug-likeness (QED) is 0.688. The molecule has 0 radical (unpaired) electrons. The molecule has 0 aromatic heterocycles. The molecule has 0 heterocycles. The zero-order valence-corrected chi connectivity index (χ0v) is 11.2. The third-order valence-electron chi connectivity index (χ3n) is 2.61. The summed E-state index contributed by atoms with van der Waals surface area (Å²) in [5.41, 5.74) is 0.634. The van der Waals surface area contributed by atoms with E-state index in [9.17, 15) is 9.59 Å². The van der Waals surface area contributed by atoms with Crippen LogP contribution >= 0.6 is 0 Å². The van der Waals surface area contributed by atoms with Crippen molar-refractivity contribution in [1.82, 2.24) is 4.90 Å². The number of aliphatic hydroxyl groups is 1. The molecule has 3 N–H and O–H groups in total. The summed E-state index contributed by atoms with van der Waals surface area (Å²) >= 11 is 0. The number of ether oxygens (including phenoxy) is 1. The van der Waals surface area contributed by atoms with Crippen molar-refractivity contribution in [1.29, 1.82) is 0 Å². The van der Waals surface area contributed by atoms with Crippen LogP contribution in [0, 0.1) is 0 Å². The van der Waals surface area contributed by atoms with Gasteiger partial charge in [-0.3, -0.25) is 0 Å². The minimum atomic E-state index is -1.02. The summed E-state index contributed by atoms with van der Waals surface area (Å²) in [4.78, 5) is 24.1. The smallest absolute Gasteiger partial charge is 0.335 e. The number of hydrogen-bond acceptors (Lipinski definition) is 4. The Morgan fingerprint density at radius 1 is 1.25 bits per heavy atom. The number of carbonyl (C=O) groups excluding carboxylic acids is 1. The topological polar surface area (TPSA) is 99.1 Å². The lowest BCUT2D eigenvalue weighted by atomic mass is 10.2. The fourth-order valence-electron chi connectivity index (χ4n) is 1.54. The highest BCUT2D eigenvalue weighted by molar-refractivity contribution is 5.91. The van der Waals surface area contributed by atoms with Crippen LogP contribution in [0.2, 0.25) is 0 Å². The predicted octanol–water partition coefficient (Wildman–Crippen LogP) is 0.857. The van der Waals surface area contributed by atoms with Crippen molar-refractivity contribution < 1.29 is 24.5 Å². The van der Waals surface area contributed by atoms with Crippen LogP contribution in [-0.2, 0) is 4.74 Å². The third-order valence-corrected chi connectivity index (χ3v) is 2.61. The molecule has 0 bridgehead atoms. The summed E-state index contributed by atoms with van der Waals surface area (Å²) in [5, 5.41) is 20.3. The standard InChI is InChI=1S/C13H18N2O5/c1-20-9-7-15(6-8-16)13(19)14-11-4-2-10(3-5-11)12(17)18/h2-5,16H,6-9H2,1H3,(H,14,19)(H,17,18). The highest BCUT2D eigenvalue weighted by atomic mass is 16.5. The molecule has 2 amide bonds. The van der Waals surface area contributed by atoms with Gasteiger partial charge in [0, 0.05) is 25.9 Å². The minimum absolute atomic E-state index is 0.144. The van der Waals surface area contributed by atoms with Crippen LogP contribution in [-0.4, -0.2) is 60.5 Å². The number of anilines is 1. The summed E-state index contributed by atoms with van der Waals surface area (Å²) in [6.45, 7) is 0.777. The number of hydrogen-bond donors (Lipinski definition) is 3.